The number of rotatable bonds is 11. The van der Waals surface area contributed by atoms with Crippen molar-refractivity contribution in [2.45, 2.75) is 42.5 Å². The maximum atomic E-state index is 13.5. The number of hydrogen-bond acceptors (Lipinski definition) is 11. The molecule has 0 aliphatic carbocycles. The highest BCUT2D eigenvalue weighted by atomic mass is 32.2. The van der Waals surface area contributed by atoms with Crippen LogP contribution in [0.15, 0.2) is 120 Å². The van der Waals surface area contributed by atoms with E-state index in [1.807, 2.05) is 0 Å². The lowest BCUT2D eigenvalue weighted by molar-refractivity contribution is -0.286. The number of esters is 3. The maximum Gasteiger partial charge on any atom is 0.338 e. The van der Waals surface area contributed by atoms with Crippen molar-refractivity contribution in [2.75, 3.05) is 13.7 Å². The van der Waals surface area contributed by atoms with E-state index in [2.05, 4.69) is 0 Å². The van der Waals surface area contributed by atoms with Crippen molar-refractivity contribution in [1.82, 2.24) is 0 Å². The molecule has 0 radical (unpaired) electrons. The van der Waals surface area contributed by atoms with Crippen LogP contribution in [0.2, 0.25) is 0 Å². The molecule has 0 saturated carbocycles. The van der Waals surface area contributed by atoms with Gasteiger partial charge in [0, 0.05) is 7.11 Å². The van der Waals surface area contributed by atoms with Crippen molar-refractivity contribution < 1.29 is 50.7 Å². The largest absolute Gasteiger partial charge is 0.459 e. The summed E-state index contributed by atoms with van der Waals surface area (Å²) < 4.78 is 61.5. The fourth-order valence-electron chi connectivity index (χ4n) is 4.84. The van der Waals surface area contributed by atoms with Gasteiger partial charge in [-0.15, -0.1) is 0 Å². The molecule has 5 rings (SSSR count). The van der Waals surface area contributed by atoms with Crippen LogP contribution >= 0.6 is 0 Å². The molecule has 1 fully saturated rings. The lowest BCUT2D eigenvalue weighted by atomic mass is 9.98. The second-order valence-electron chi connectivity index (χ2n) is 10.5. The monoisotopic (exact) mass is 660 g/mol. The van der Waals surface area contributed by atoms with Crippen molar-refractivity contribution in [3.63, 3.8) is 0 Å². The lowest BCUT2D eigenvalue weighted by Crippen LogP contribution is -2.63. The number of hydrogen-bond donors (Lipinski definition) is 0. The van der Waals surface area contributed by atoms with Crippen LogP contribution in [-0.2, 0) is 38.0 Å². The summed E-state index contributed by atoms with van der Waals surface area (Å²) >= 11 is 0. The van der Waals surface area contributed by atoms with E-state index >= 15 is 0 Å². The Morgan fingerprint density at radius 3 is 1.60 bits per heavy atom. The van der Waals surface area contributed by atoms with Gasteiger partial charge in [-0.2, -0.15) is 8.42 Å². The molecule has 1 aliphatic heterocycles. The normalized spacial score (nSPS) is 20.9. The first-order chi connectivity index (χ1) is 22.7. The third-order valence-electron chi connectivity index (χ3n) is 7.26. The minimum atomic E-state index is -4.51. The van der Waals surface area contributed by atoms with Gasteiger partial charge in [0.05, 0.1) is 21.6 Å². The van der Waals surface area contributed by atoms with Gasteiger partial charge in [0.25, 0.3) is 10.1 Å². The second-order valence-corrected chi connectivity index (χ2v) is 12.1. The topological polar surface area (TPSA) is 141 Å². The number of benzene rings is 4. The molecule has 1 saturated heterocycles. The molecule has 0 aromatic heterocycles. The highest BCUT2D eigenvalue weighted by molar-refractivity contribution is 7.86. The van der Waals surface area contributed by atoms with Crippen LogP contribution in [0.4, 0.5) is 0 Å². The Hall–Kier alpha value is -4.88. The van der Waals surface area contributed by atoms with Crippen LogP contribution in [0.5, 0.6) is 0 Å². The minimum Gasteiger partial charge on any atom is -0.459 e. The lowest BCUT2D eigenvalue weighted by Gasteiger charge is -2.43. The fourth-order valence-corrected chi connectivity index (χ4v) is 5.91. The Balaban J connectivity index is 1.53. The summed E-state index contributed by atoms with van der Waals surface area (Å²) in [5.41, 5.74) is 1.35. The van der Waals surface area contributed by atoms with Gasteiger partial charge in [-0.05, 0) is 55.5 Å². The minimum absolute atomic E-state index is 0.133. The summed E-state index contributed by atoms with van der Waals surface area (Å²) in [6, 6.07) is 30.0. The van der Waals surface area contributed by atoms with E-state index < -0.39 is 65.3 Å². The zero-order valence-electron chi connectivity index (χ0n) is 25.5. The van der Waals surface area contributed by atoms with Crippen molar-refractivity contribution in [2.24, 2.45) is 0 Å². The van der Waals surface area contributed by atoms with E-state index in [-0.39, 0.29) is 21.6 Å². The summed E-state index contributed by atoms with van der Waals surface area (Å²) in [6.07, 6.45) is -7.63. The Labute approximate surface area is 272 Å². The smallest absolute Gasteiger partial charge is 0.338 e. The van der Waals surface area contributed by atoms with Crippen molar-refractivity contribution in [3.8, 4) is 0 Å². The van der Waals surface area contributed by atoms with Crippen molar-refractivity contribution in [1.29, 1.82) is 0 Å². The van der Waals surface area contributed by atoms with E-state index in [0.717, 1.165) is 5.56 Å². The zero-order chi connectivity index (χ0) is 33.4. The van der Waals surface area contributed by atoms with E-state index in [1.165, 1.54) is 43.5 Å². The standard InChI is InChI=1S/C35H32O11S/c1-23-18-20-27(21-19-23)47(39,40)46-31-30(45-34(38)26-16-10-5-11-17-26)29(44-33(37)25-14-8-4-9-15-25)28(43-35(31)41-2)22-42-32(36)24-12-6-3-7-13-24/h3-21,28-31,35H,22H2,1-2H3/t28-,29-,30+,31-,35+/m1/s1. The number of carbonyl (C=O) groups is 3. The molecule has 12 heteroatoms. The van der Waals surface area contributed by atoms with Gasteiger partial charge < -0.3 is 23.7 Å². The third-order valence-corrected chi connectivity index (χ3v) is 8.59. The summed E-state index contributed by atoms with van der Waals surface area (Å²) in [4.78, 5) is 39.5. The van der Waals surface area contributed by atoms with Crippen LogP contribution in [0.3, 0.4) is 0 Å². The SMILES string of the molecule is CO[C@H]1O[C@H](COC(=O)c2ccccc2)[C@@H](OC(=O)c2ccccc2)[C@H](OC(=O)c2ccccc2)[C@H]1OS(=O)(=O)c1ccc(C)cc1. The van der Waals surface area contributed by atoms with Gasteiger partial charge in [-0.3, -0.25) is 4.18 Å². The zero-order valence-corrected chi connectivity index (χ0v) is 26.3. The number of aryl methyl sites for hydroxylation is 1. The summed E-state index contributed by atoms with van der Waals surface area (Å²) in [5, 5.41) is 0. The Morgan fingerprint density at radius 2 is 1.11 bits per heavy atom. The summed E-state index contributed by atoms with van der Waals surface area (Å²) in [7, 11) is -3.28. The molecule has 0 unspecified atom stereocenters. The Morgan fingerprint density at radius 1 is 0.638 bits per heavy atom. The van der Waals surface area contributed by atoms with Crippen LogP contribution < -0.4 is 0 Å². The molecule has 1 heterocycles. The molecule has 4 aromatic carbocycles. The van der Waals surface area contributed by atoms with Crippen LogP contribution in [0.25, 0.3) is 0 Å². The molecule has 244 valence electrons. The quantitative estimate of drug-likeness (QED) is 0.125. The van der Waals surface area contributed by atoms with E-state index in [9.17, 15) is 22.8 Å². The number of carbonyl (C=O) groups excluding carboxylic acids is 3. The molecule has 0 bridgehead atoms. The van der Waals surface area contributed by atoms with Gasteiger partial charge in [0.15, 0.2) is 24.6 Å². The first-order valence-electron chi connectivity index (χ1n) is 14.6. The first-order valence-corrected chi connectivity index (χ1v) is 16.0. The van der Waals surface area contributed by atoms with E-state index in [1.54, 1.807) is 85.8 Å². The fraction of sp³-hybridized carbons (Fsp3) is 0.229. The molecule has 4 aromatic rings. The van der Waals surface area contributed by atoms with Crippen molar-refractivity contribution in [3.05, 3.63) is 138 Å². The molecule has 11 nitrogen and oxygen atoms in total. The highest BCUT2D eigenvalue weighted by Crippen LogP contribution is 2.33. The molecule has 0 amide bonds. The molecular formula is C35H32O11S. The van der Waals surface area contributed by atoms with E-state index in [4.69, 9.17) is 27.9 Å². The number of methoxy groups -OCH3 is 1. The Bertz CT molecular complexity index is 1760. The van der Waals surface area contributed by atoms with E-state index in [0.29, 0.717) is 0 Å². The van der Waals surface area contributed by atoms with Gasteiger partial charge in [0.1, 0.15) is 12.7 Å². The average Bonchev–Trinajstić information content (AvgIpc) is 3.10. The van der Waals surface area contributed by atoms with Gasteiger partial charge in [-0.25, -0.2) is 14.4 Å². The Kier molecular flexibility index (Phi) is 10.8. The van der Waals surface area contributed by atoms with Crippen LogP contribution in [0, 0.1) is 6.92 Å². The molecule has 47 heavy (non-hydrogen) atoms. The molecular weight excluding hydrogens is 628 g/mol. The first kappa shape index (κ1) is 33.5. The molecule has 5 atom stereocenters. The third kappa shape index (κ3) is 8.29. The summed E-state index contributed by atoms with van der Waals surface area (Å²) in [6.45, 7) is 1.31. The summed E-state index contributed by atoms with van der Waals surface area (Å²) in [5.74, 6) is -2.40. The molecule has 0 N–H and O–H groups in total. The number of ether oxygens (including phenoxy) is 5. The predicted molar refractivity (Wildman–Crippen MR) is 167 cm³/mol. The second kappa shape index (κ2) is 15.1. The van der Waals surface area contributed by atoms with Gasteiger partial charge in [0.2, 0.25) is 0 Å². The van der Waals surface area contributed by atoms with Gasteiger partial charge in [-0.1, -0.05) is 72.3 Å². The average molecular weight is 661 g/mol. The highest BCUT2D eigenvalue weighted by Gasteiger charge is 2.53. The van der Waals surface area contributed by atoms with Crippen LogP contribution in [0.1, 0.15) is 36.6 Å². The van der Waals surface area contributed by atoms with Gasteiger partial charge >= 0.3 is 17.9 Å². The predicted octanol–water partition coefficient (Wildman–Crippen LogP) is 4.75. The maximum absolute atomic E-state index is 13.5. The molecule has 1 aliphatic rings. The van der Waals surface area contributed by atoms with Crippen molar-refractivity contribution >= 4 is 28.0 Å². The molecule has 0 spiro atoms. The van der Waals surface area contributed by atoms with Crippen LogP contribution in [-0.4, -0.2) is 70.7 Å².